The summed E-state index contributed by atoms with van der Waals surface area (Å²) in [6, 6.07) is 2.59. The Bertz CT molecular complexity index is 695. The van der Waals surface area contributed by atoms with Crippen LogP contribution in [0, 0.1) is 6.92 Å². The number of carboxylic acid groups (broad SMARTS) is 1. The topological polar surface area (TPSA) is 67.2 Å². The van der Waals surface area contributed by atoms with Crippen LogP contribution in [0.5, 0.6) is 0 Å². The van der Waals surface area contributed by atoms with Crippen molar-refractivity contribution in [3.63, 3.8) is 0 Å². The van der Waals surface area contributed by atoms with Gasteiger partial charge >= 0.3 is 12.1 Å². The largest absolute Gasteiger partial charge is 0.480 e. The lowest BCUT2D eigenvalue weighted by Gasteiger charge is -2.18. The molecular weight excluding hydrogens is 299 g/mol. The van der Waals surface area contributed by atoms with Crippen molar-refractivity contribution in [1.29, 1.82) is 0 Å². The first-order chi connectivity index (χ1) is 10.2. The van der Waals surface area contributed by atoms with Crippen LogP contribution < -0.4 is 5.32 Å². The van der Waals surface area contributed by atoms with Gasteiger partial charge in [0.25, 0.3) is 0 Å². The van der Waals surface area contributed by atoms with Gasteiger partial charge in [-0.2, -0.15) is 13.2 Å². The van der Waals surface area contributed by atoms with Crippen molar-refractivity contribution < 1.29 is 23.1 Å². The maximum Gasteiger partial charge on any atom is 0.418 e. The molecule has 1 aromatic heterocycles. The number of anilines is 1. The molecule has 0 aliphatic heterocycles. The van der Waals surface area contributed by atoms with Gasteiger partial charge in [0.15, 0.2) is 0 Å². The van der Waals surface area contributed by atoms with Gasteiger partial charge in [0.05, 0.1) is 11.3 Å². The van der Waals surface area contributed by atoms with E-state index in [1.165, 1.54) is 36.0 Å². The molecule has 0 saturated heterocycles. The van der Waals surface area contributed by atoms with Gasteiger partial charge in [0, 0.05) is 18.1 Å². The summed E-state index contributed by atoms with van der Waals surface area (Å²) in [7, 11) is 0. The molecule has 118 valence electrons. The molecule has 22 heavy (non-hydrogen) atoms. The number of carbonyl (C=O) groups is 1. The molecule has 1 atom stereocenters. The van der Waals surface area contributed by atoms with Crippen LogP contribution in [-0.4, -0.2) is 26.7 Å². The van der Waals surface area contributed by atoms with Crippen molar-refractivity contribution in [3.05, 3.63) is 42.0 Å². The number of hydrogen-bond donors (Lipinski definition) is 2. The second-order valence-corrected chi connectivity index (χ2v) is 4.78. The summed E-state index contributed by atoms with van der Waals surface area (Å²) >= 11 is 0. The Balaban J connectivity index is 2.49. The highest BCUT2D eigenvalue weighted by Gasteiger charge is 2.34. The lowest BCUT2D eigenvalue weighted by Crippen LogP contribution is -2.25. The highest BCUT2D eigenvalue weighted by atomic mass is 19.4. The van der Waals surface area contributed by atoms with Crippen molar-refractivity contribution in [2.24, 2.45) is 0 Å². The molecule has 0 aliphatic carbocycles. The second-order valence-electron chi connectivity index (χ2n) is 4.78. The summed E-state index contributed by atoms with van der Waals surface area (Å²) in [5, 5.41) is 11.3. The van der Waals surface area contributed by atoms with Crippen LogP contribution in [-0.2, 0) is 11.0 Å². The van der Waals surface area contributed by atoms with Crippen molar-refractivity contribution >= 4 is 11.7 Å². The van der Waals surface area contributed by atoms with Crippen LogP contribution in [0.3, 0.4) is 0 Å². The molecule has 1 unspecified atom stereocenters. The predicted molar refractivity (Wildman–Crippen MR) is 74.0 cm³/mol. The standard InChI is InChI=1S/C14H14F3N3O2/c1-8(13(21)22)19-10-3-4-12(11(7-10)14(15,16)17)20-6-5-18-9(20)2/h3-8,19H,1-2H3,(H,21,22). The van der Waals surface area contributed by atoms with Crippen LogP contribution in [0.1, 0.15) is 18.3 Å². The molecule has 5 nitrogen and oxygen atoms in total. The summed E-state index contributed by atoms with van der Waals surface area (Å²) in [6.07, 6.45) is -1.72. The maximum absolute atomic E-state index is 13.3. The van der Waals surface area contributed by atoms with Gasteiger partial charge in [0.1, 0.15) is 11.9 Å². The monoisotopic (exact) mass is 313 g/mol. The fraction of sp³-hybridized carbons (Fsp3) is 0.286. The number of rotatable bonds is 4. The Morgan fingerprint density at radius 2 is 2.09 bits per heavy atom. The van der Waals surface area contributed by atoms with Crippen LogP contribution in [0.25, 0.3) is 5.69 Å². The highest BCUT2D eigenvalue weighted by molar-refractivity contribution is 5.77. The SMILES string of the molecule is Cc1nccn1-c1ccc(NC(C)C(=O)O)cc1C(F)(F)F. The number of benzene rings is 1. The highest BCUT2D eigenvalue weighted by Crippen LogP contribution is 2.36. The minimum Gasteiger partial charge on any atom is -0.480 e. The molecule has 2 N–H and O–H groups in total. The molecule has 0 spiro atoms. The number of nitrogens with zero attached hydrogens (tertiary/aromatic N) is 2. The lowest BCUT2D eigenvalue weighted by atomic mass is 10.1. The zero-order chi connectivity index (χ0) is 16.5. The Labute approximate surface area is 124 Å². The molecule has 1 heterocycles. The number of carboxylic acids is 1. The minimum atomic E-state index is -4.57. The van der Waals surface area contributed by atoms with Crippen molar-refractivity contribution in [1.82, 2.24) is 9.55 Å². The van der Waals surface area contributed by atoms with E-state index in [4.69, 9.17) is 5.11 Å². The summed E-state index contributed by atoms with van der Waals surface area (Å²) in [6.45, 7) is 2.95. The number of hydrogen-bond acceptors (Lipinski definition) is 3. The van der Waals surface area contributed by atoms with Crippen LogP contribution in [0.2, 0.25) is 0 Å². The molecule has 0 saturated carbocycles. The first-order valence-corrected chi connectivity index (χ1v) is 6.41. The average molecular weight is 313 g/mol. The van der Waals surface area contributed by atoms with Crippen LogP contribution in [0.15, 0.2) is 30.6 Å². The van der Waals surface area contributed by atoms with Gasteiger partial charge < -0.3 is 15.0 Å². The maximum atomic E-state index is 13.3. The predicted octanol–water partition coefficient (Wildman–Crippen LogP) is 3.08. The molecule has 0 bridgehead atoms. The fourth-order valence-electron chi connectivity index (χ4n) is 2.01. The van der Waals surface area contributed by atoms with E-state index < -0.39 is 23.8 Å². The zero-order valence-corrected chi connectivity index (χ0v) is 11.8. The van der Waals surface area contributed by atoms with Gasteiger partial charge in [0.2, 0.25) is 0 Å². The third-order valence-corrected chi connectivity index (χ3v) is 3.14. The molecule has 0 aliphatic rings. The number of aryl methyl sites for hydroxylation is 1. The van der Waals surface area contributed by atoms with E-state index in [2.05, 4.69) is 10.3 Å². The number of aliphatic carboxylic acids is 1. The second kappa shape index (κ2) is 5.70. The van der Waals surface area contributed by atoms with Gasteiger partial charge in [-0.1, -0.05) is 0 Å². The fourth-order valence-corrected chi connectivity index (χ4v) is 2.01. The van der Waals surface area contributed by atoms with E-state index in [9.17, 15) is 18.0 Å². The van der Waals surface area contributed by atoms with E-state index in [1.54, 1.807) is 6.92 Å². The number of nitrogens with one attached hydrogen (secondary N) is 1. The van der Waals surface area contributed by atoms with E-state index in [1.807, 2.05) is 0 Å². The quantitative estimate of drug-likeness (QED) is 0.910. The van der Waals surface area contributed by atoms with E-state index in [0.29, 0.717) is 5.82 Å². The number of imidazole rings is 1. The average Bonchev–Trinajstić information content (AvgIpc) is 2.83. The number of aromatic nitrogens is 2. The summed E-state index contributed by atoms with van der Waals surface area (Å²) in [4.78, 5) is 14.7. The third-order valence-electron chi connectivity index (χ3n) is 3.14. The van der Waals surface area contributed by atoms with Crippen molar-refractivity contribution in [3.8, 4) is 5.69 Å². The molecule has 0 radical (unpaired) electrons. The molecule has 0 amide bonds. The first-order valence-electron chi connectivity index (χ1n) is 6.41. The van der Waals surface area contributed by atoms with Crippen LogP contribution in [0.4, 0.5) is 18.9 Å². The summed E-state index contributed by atoms with van der Waals surface area (Å²) < 4.78 is 41.1. The van der Waals surface area contributed by atoms with E-state index in [0.717, 1.165) is 6.07 Å². The van der Waals surface area contributed by atoms with Gasteiger partial charge in [-0.05, 0) is 32.0 Å². The minimum absolute atomic E-state index is 0.0592. The van der Waals surface area contributed by atoms with Gasteiger partial charge in [-0.3, -0.25) is 4.79 Å². The Hall–Kier alpha value is -2.51. The Morgan fingerprint density at radius 1 is 1.41 bits per heavy atom. The molecule has 2 rings (SSSR count). The van der Waals surface area contributed by atoms with E-state index >= 15 is 0 Å². The third kappa shape index (κ3) is 3.21. The lowest BCUT2D eigenvalue weighted by molar-refractivity contribution is -0.138. The molecule has 2 aromatic rings. The molecule has 8 heteroatoms. The number of halogens is 3. The summed E-state index contributed by atoms with van der Waals surface area (Å²) in [5.41, 5.74) is -0.837. The zero-order valence-electron chi connectivity index (χ0n) is 11.8. The van der Waals surface area contributed by atoms with E-state index in [-0.39, 0.29) is 11.4 Å². The molecule has 1 aromatic carbocycles. The van der Waals surface area contributed by atoms with Crippen LogP contribution >= 0.6 is 0 Å². The van der Waals surface area contributed by atoms with Crippen molar-refractivity contribution in [2.75, 3.05) is 5.32 Å². The Kier molecular flexibility index (Phi) is 4.11. The van der Waals surface area contributed by atoms with Gasteiger partial charge in [-0.25, -0.2) is 4.98 Å². The normalized spacial score (nSPS) is 13.0. The smallest absolute Gasteiger partial charge is 0.418 e. The van der Waals surface area contributed by atoms with Crippen molar-refractivity contribution in [2.45, 2.75) is 26.1 Å². The molecule has 0 fully saturated rings. The number of alkyl halides is 3. The molecular formula is C14H14F3N3O2. The first kappa shape index (κ1) is 15.9. The van der Waals surface area contributed by atoms with Gasteiger partial charge in [-0.15, -0.1) is 0 Å². The summed E-state index contributed by atoms with van der Waals surface area (Å²) in [5.74, 6) is -0.729. The Morgan fingerprint density at radius 3 is 2.59 bits per heavy atom.